The maximum Gasteiger partial charge on any atom is 0.213 e. The summed E-state index contributed by atoms with van der Waals surface area (Å²) in [4.78, 5) is 15.1. The van der Waals surface area contributed by atoms with Gasteiger partial charge in [0, 0.05) is 38.7 Å². The Kier molecular flexibility index (Phi) is 7.78. The Morgan fingerprint density at radius 1 is 0.350 bits per heavy atom. The molecular weight excluding hydrogens is 733 g/mol. The summed E-state index contributed by atoms with van der Waals surface area (Å²) in [5.41, 5.74) is 10.9. The molecule has 0 aliphatic heterocycles. The van der Waals surface area contributed by atoms with E-state index in [1.807, 2.05) is 36.4 Å². The number of rotatable bonds is 6. The van der Waals surface area contributed by atoms with Gasteiger partial charge in [0.25, 0.3) is 0 Å². The minimum Gasteiger partial charge on any atom is -0.438 e. The molecule has 60 heavy (non-hydrogen) atoms. The summed E-state index contributed by atoms with van der Waals surface area (Å²) < 4.78 is 9.39. The first kappa shape index (κ1) is 33.9. The summed E-state index contributed by atoms with van der Waals surface area (Å²) in [6, 6.07) is 72.0. The SMILES string of the molecule is c1ccc(-c2cccc(-c3nc(-c4ccccc4)nc(-c4ccc(-n5c6ccccc6c6c7c(oc65)c(-c5ccc6ccccc6c5)cc5ccccc57)cc4)n3)c2)cc1. The monoisotopic (exact) mass is 766 g/mol. The average Bonchev–Trinajstić information content (AvgIpc) is 3.87. The molecule has 9 aromatic carbocycles. The van der Waals surface area contributed by atoms with Crippen molar-refractivity contribution >= 4 is 54.5 Å². The van der Waals surface area contributed by atoms with E-state index in [0.29, 0.717) is 17.5 Å². The number of hydrogen-bond donors (Lipinski definition) is 0. The van der Waals surface area contributed by atoms with E-state index in [0.717, 1.165) is 77.6 Å². The second-order valence-corrected chi connectivity index (χ2v) is 15.2. The van der Waals surface area contributed by atoms with Gasteiger partial charge in [-0.25, -0.2) is 15.0 Å². The van der Waals surface area contributed by atoms with E-state index in [-0.39, 0.29) is 0 Å². The lowest BCUT2D eigenvalue weighted by Gasteiger charge is -2.11. The highest BCUT2D eigenvalue weighted by atomic mass is 16.3. The first-order valence-corrected chi connectivity index (χ1v) is 20.2. The zero-order valence-electron chi connectivity index (χ0n) is 32.3. The normalized spacial score (nSPS) is 11.7. The van der Waals surface area contributed by atoms with E-state index >= 15 is 0 Å². The summed E-state index contributed by atoms with van der Waals surface area (Å²) in [5.74, 6) is 1.85. The predicted molar refractivity (Wildman–Crippen MR) is 246 cm³/mol. The molecule has 3 aromatic heterocycles. The molecule has 0 aliphatic carbocycles. The van der Waals surface area contributed by atoms with Crippen LogP contribution in [-0.2, 0) is 0 Å². The molecular formula is C55H34N4O. The van der Waals surface area contributed by atoms with Crippen molar-refractivity contribution in [2.45, 2.75) is 0 Å². The minimum absolute atomic E-state index is 0.605. The minimum atomic E-state index is 0.605. The van der Waals surface area contributed by atoms with Crippen LogP contribution in [0, 0.1) is 0 Å². The number of benzene rings is 9. The van der Waals surface area contributed by atoms with Crippen LogP contribution in [0.2, 0.25) is 0 Å². The molecule has 280 valence electrons. The third-order valence-corrected chi connectivity index (χ3v) is 11.6. The molecule has 0 unspecified atom stereocenters. The van der Waals surface area contributed by atoms with Crippen molar-refractivity contribution in [3.63, 3.8) is 0 Å². The molecule has 0 N–H and O–H groups in total. The Labute approximate surface area is 345 Å². The molecule has 0 amide bonds. The van der Waals surface area contributed by atoms with Gasteiger partial charge in [-0.05, 0) is 86.8 Å². The lowest BCUT2D eigenvalue weighted by atomic mass is 9.95. The fourth-order valence-corrected chi connectivity index (χ4v) is 8.74. The van der Waals surface area contributed by atoms with Crippen LogP contribution in [0.3, 0.4) is 0 Å². The quantitative estimate of drug-likeness (QED) is 0.169. The molecule has 0 fully saturated rings. The second-order valence-electron chi connectivity index (χ2n) is 15.2. The number of nitrogens with zero attached hydrogens (tertiary/aromatic N) is 4. The Bertz CT molecular complexity index is 3590. The standard InChI is InChI=1S/C55H34N4O/c1-3-14-35(15-4-1)40-21-13-22-43(33-40)54-57-52(37-17-5-2-6-18-37)56-53(58-54)38-28-30-44(31-29-38)59-48-25-12-11-24-46(48)50-49-45-23-10-9-20-41(45)34-47(51(49)60-55(50)59)42-27-26-36-16-7-8-19-39(36)32-42/h1-34H. The lowest BCUT2D eigenvalue weighted by molar-refractivity contribution is 0.646. The van der Waals surface area contributed by atoms with E-state index < -0.39 is 0 Å². The molecule has 3 heterocycles. The predicted octanol–water partition coefficient (Wildman–Crippen LogP) is 14.4. The van der Waals surface area contributed by atoms with Gasteiger partial charge < -0.3 is 4.42 Å². The number of fused-ring (bicyclic) bond motifs is 8. The largest absolute Gasteiger partial charge is 0.438 e. The van der Waals surface area contributed by atoms with Crippen LogP contribution >= 0.6 is 0 Å². The fourth-order valence-electron chi connectivity index (χ4n) is 8.74. The van der Waals surface area contributed by atoms with Gasteiger partial charge in [-0.1, -0.05) is 158 Å². The average molecular weight is 767 g/mol. The highest BCUT2D eigenvalue weighted by Gasteiger charge is 2.24. The molecule has 0 bridgehead atoms. The van der Waals surface area contributed by atoms with E-state index in [2.05, 4.69) is 174 Å². The van der Waals surface area contributed by atoms with Crippen molar-refractivity contribution in [1.82, 2.24) is 19.5 Å². The molecule has 5 nitrogen and oxygen atoms in total. The van der Waals surface area contributed by atoms with Crippen molar-refractivity contribution in [2.24, 2.45) is 0 Å². The fraction of sp³-hybridized carbons (Fsp3) is 0. The van der Waals surface area contributed by atoms with Crippen LogP contribution in [0.4, 0.5) is 0 Å². The zero-order chi connectivity index (χ0) is 39.6. The van der Waals surface area contributed by atoms with E-state index in [9.17, 15) is 0 Å². The van der Waals surface area contributed by atoms with Crippen molar-refractivity contribution < 1.29 is 4.42 Å². The van der Waals surface area contributed by atoms with Gasteiger partial charge in [0.15, 0.2) is 17.5 Å². The topological polar surface area (TPSA) is 56.7 Å². The number of aromatic nitrogens is 4. The van der Waals surface area contributed by atoms with Crippen molar-refractivity contribution in [2.75, 3.05) is 0 Å². The van der Waals surface area contributed by atoms with Crippen LogP contribution in [0.15, 0.2) is 211 Å². The van der Waals surface area contributed by atoms with E-state index in [4.69, 9.17) is 19.4 Å². The van der Waals surface area contributed by atoms with Crippen LogP contribution in [0.5, 0.6) is 0 Å². The molecule has 0 aliphatic rings. The summed E-state index contributed by atoms with van der Waals surface area (Å²) in [7, 11) is 0. The molecule has 0 saturated carbocycles. The molecule has 0 saturated heterocycles. The van der Waals surface area contributed by atoms with Gasteiger partial charge in [-0.2, -0.15) is 0 Å². The summed E-state index contributed by atoms with van der Waals surface area (Å²) in [6.45, 7) is 0. The highest BCUT2D eigenvalue weighted by molar-refractivity contribution is 6.29. The second kappa shape index (κ2) is 13.8. The molecule has 0 radical (unpaired) electrons. The summed E-state index contributed by atoms with van der Waals surface area (Å²) in [5, 5.41) is 8.13. The lowest BCUT2D eigenvalue weighted by Crippen LogP contribution is -2.00. The summed E-state index contributed by atoms with van der Waals surface area (Å²) in [6.07, 6.45) is 0. The first-order chi connectivity index (χ1) is 29.7. The Morgan fingerprint density at radius 2 is 0.917 bits per heavy atom. The Morgan fingerprint density at radius 3 is 1.68 bits per heavy atom. The number of hydrogen-bond acceptors (Lipinski definition) is 4. The Balaban J connectivity index is 1.03. The third kappa shape index (κ3) is 5.59. The van der Waals surface area contributed by atoms with Gasteiger partial charge in [0.1, 0.15) is 5.58 Å². The van der Waals surface area contributed by atoms with Gasteiger partial charge in [0.05, 0.1) is 10.9 Å². The van der Waals surface area contributed by atoms with Gasteiger partial charge >= 0.3 is 0 Å². The van der Waals surface area contributed by atoms with Crippen LogP contribution in [-0.4, -0.2) is 19.5 Å². The maximum absolute atomic E-state index is 7.14. The Hall–Kier alpha value is -8.15. The van der Waals surface area contributed by atoms with Crippen LogP contribution in [0.25, 0.3) is 117 Å². The first-order valence-electron chi connectivity index (χ1n) is 20.2. The highest BCUT2D eigenvalue weighted by Crippen LogP contribution is 2.46. The molecule has 0 atom stereocenters. The summed E-state index contributed by atoms with van der Waals surface area (Å²) >= 11 is 0. The zero-order valence-corrected chi connectivity index (χ0v) is 32.3. The molecule has 5 heteroatoms. The smallest absolute Gasteiger partial charge is 0.213 e. The van der Waals surface area contributed by atoms with Crippen LogP contribution < -0.4 is 0 Å². The molecule has 0 spiro atoms. The van der Waals surface area contributed by atoms with Crippen molar-refractivity contribution in [1.29, 1.82) is 0 Å². The molecule has 12 rings (SSSR count). The van der Waals surface area contributed by atoms with E-state index in [1.165, 1.54) is 21.5 Å². The van der Waals surface area contributed by atoms with Crippen LogP contribution in [0.1, 0.15) is 0 Å². The van der Waals surface area contributed by atoms with E-state index in [1.54, 1.807) is 0 Å². The van der Waals surface area contributed by atoms with Gasteiger partial charge in [-0.15, -0.1) is 0 Å². The van der Waals surface area contributed by atoms with Gasteiger partial charge in [0.2, 0.25) is 5.71 Å². The maximum atomic E-state index is 7.14. The number of para-hydroxylation sites is 1. The number of furan rings is 1. The van der Waals surface area contributed by atoms with Crippen molar-refractivity contribution in [3.8, 4) is 62.1 Å². The third-order valence-electron chi connectivity index (χ3n) is 11.6. The van der Waals surface area contributed by atoms with Crippen molar-refractivity contribution in [3.05, 3.63) is 206 Å². The molecule has 12 aromatic rings. The van der Waals surface area contributed by atoms with Gasteiger partial charge in [-0.3, -0.25) is 4.57 Å².